The smallest absolute Gasteiger partial charge is 0.264 e. The van der Waals surface area contributed by atoms with E-state index in [4.69, 9.17) is 4.52 Å². The van der Waals surface area contributed by atoms with Gasteiger partial charge >= 0.3 is 0 Å². The molecule has 10 nitrogen and oxygen atoms in total. The van der Waals surface area contributed by atoms with E-state index in [1.165, 1.54) is 48.5 Å². The van der Waals surface area contributed by atoms with Crippen LogP contribution in [0.25, 0.3) is 11.4 Å². The van der Waals surface area contributed by atoms with E-state index in [9.17, 15) is 23.0 Å². The minimum Gasteiger partial charge on any atom is -0.508 e. The van der Waals surface area contributed by atoms with Crippen LogP contribution in [0, 0.1) is 0 Å². The summed E-state index contributed by atoms with van der Waals surface area (Å²) in [5.41, 5.74) is 0.208. The minimum absolute atomic E-state index is 0.0397. The summed E-state index contributed by atoms with van der Waals surface area (Å²) >= 11 is 0. The number of hydrogen-bond donors (Lipinski definition) is 3. The number of phenols is 1. The highest BCUT2D eigenvalue weighted by molar-refractivity contribution is 7.92. The molecule has 4 aromatic rings. The molecule has 12 heteroatoms. The lowest BCUT2D eigenvalue weighted by Gasteiger charge is -2.26. The Hall–Kier alpha value is -4.03. The number of nitrogens with zero attached hydrogens (tertiary/aromatic N) is 4. The molecule has 0 saturated heterocycles. The molecule has 0 saturated carbocycles. The van der Waals surface area contributed by atoms with Crippen LogP contribution in [-0.2, 0) is 28.8 Å². The molecular weight excluding hydrogens is 489 g/mol. The quantitative estimate of drug-likeness (QED) is 0.363. The Balaban J connectivity index is 1.74. The van der Waals surface area contributed by atoms with Crippen LogP contribution in [-0.4, -0.2) is 33.8 Å². The fourth-order valence-corrected chi connectivity index (χ4v) is 5.31. The molecule has 0 atom stereocenters. The second-order valence-electron chi connectivity index (χ2n) is 8.76. The summed E-state index contributed by atoms with van der Waals surface area (Å²) in [7, 11) is -4.18. The van der Waals surface area contributed by atoms with Gasteiger partial charge in [0.2, 0.25) is 5.82 Å². The van der Waals surface area contributed by atoms with E-state index in [0.29, 0.717) is 22.6 Å². The molecule has 186 valence electrons. The molecule has 1 aliphatic rings. The zero-order chi connectivity index (χ0) is 25.7. The summed E-state index contributed by atoms with van der Waals surface area (Å²) in [4.78, 5) is 8.55. The number of aliphatic hydroxyl groups is 1. The predicted molar refractivity (Wildman–Crippen MR) is 129 cm³/mol. The van der Waals surface area contributed by atoms with Gasteiger partial charge < -0.3 is 20.1 Å². The third-order valence-corrected chi connectivity index (χ3v) is 7.40. The van der Waals surface area contributed by atoms with Crippen LogP contribution >= 0.6 is 0 Å². The van der Waals surface area contributed by atoms with Gasteiger partial charge in [0.05, 0.1) is 28.5 Å². The molecule has 0 bridgehead atoms. The van der Waals surface area contributed by atoms with Crippen LogP contribution in [0.3, 0.4) is 0 Å². The van der Waals surface area contributed by atoms with Crippen molar-refractivity contribution >= 4 is 27.2 Å². The van der Waals surface area contributed by atoms with Gasteiger partial charge in [-0.15, -0.1) is 0 Å². The highest BCUT2D eigenvalue weighted by Gasteiger charge is 2.34. The summed E-state index contributed by atoms with van der Waals surface area (Å²) in [5.74, 6) is 0.270. The number of alkyl halides is 1. The topological polar surface area (TPSA) is 142 Å². The Morgan fingerprint density at radius 2 is 1.86 bits per heavy atom. The summed E-state index contributed by atoms with van der Waals surface area (Å²) in [5, 5.41) is 27.1. The van der Waals surface area contributed by atoms with Crippen molar-refractivity contribution in [3.8, 4) is 17.1 Å². The number of sulfonamides is 1. The van der Waals surface area contributed by atoms with Gasteiger partial charge in [-0.25, -0.2) is 17.8 Å². The molecular formula is C24H22FN5O5S. The molecule has 0 fully saturated rings. The zero-order valence-electron chi connectivity index (χ0n) is 19.3. The van der Waals surface area contributed by atoms with E-state index < -0.39 is 22.3 Å². The number of fused-ring (bicyclic) bond motifs is 2. The van der Waals surface area contributed by atoms with E-state index in [0.717, 1.165) is 0 Å². The van der Waals surface area contributed by atoms with Crippen LogP contribution in [0.5, 0.6) is 5.75 Å². The number of pyridine rings is 1. The number of phenolic OH excluding ortho intramolecular Hbond substituents is 1. The number of aromatic nitrogens is 3. The Morgan fingerprint density at radius 3 is 2.53 bits per heavy atom. The normalized spacial score (nSPS) is 13.5. The number of aromatic hydroxyl groups is 1. The standard InChI is InChI=1S/C24H22FN5O5S/c1-24(2,32)23-28-22(29-35-23)18-4-3-5-19-20(18)30(36(33,34)17-10-8-16(31)9-11-17)13-14-6-7-15(12-25)26-21(14)27-19/h3-11,31-32H,12-13H2,1-2H3,(H,26,27). The molecule has 0 spiro atoms. The van der Waals surface area contributed by atoms with Gasteiger partial charge in [-0.05, 0) is 56.3 Å². The maximum absolute atomic E-state index is 13.9. The lowest BCUT2D eigenvalue weighted by atomic mass is 10.1. The first kappa shape index (κ1) is 23.7. The van der Waals surface area contributed by atoms with E-state index in [1.54, 1.807) is 24.3 Å². The lowest BCUT2D eigenvalue weighted by Crippen LogP contribution is -2.30. The van der Waals surface area contributed by atoms with Gasteiger partial charge in [-0.3, -0.25) is 4.31 Å². The summed E-state index contributed by atoms with van der Waals surface area (Å²) in [6.07, 6.45) is 0. The van der Waals surface area contributed by atoms with E-state index in [2.05, 4.69) is 20.4 Å². The maximum atomic E-state index is 13.9. The molecule has 36 heavy (non-hydrogen) atoms. The number of hydrogen-bond acceptors (Lipinski definition) is 9. The fraction of sp³-hybridized carbons (Fsp3) is 0.208. The molecule has 5 rings (SSSR count). The van der Waals surface area contributed by atoms with Crippen LogP contribution < -0.4 is 9.62 Å². The predicted octanol–water partition coefficient (Wildman–Crippen LogP) is 3.99. The number of halogens is 1. The fourth-order valence-electron chi connectivity index (χ4n) is 3.83. The number of anilines is 3. The third kappa shape index (κ3) is 4.14. The van der Waals surface area contributed by atoms with E-state index in [1.807, 2.05) is 0 Å². The van der Waals surface area contributed by atoms with Gasteiger partial charge in [-0.1, -0.05) is 17.3 Å². The SMILES string of the molecule is CC(C)(O)c1nc(-c2cccc3c2N(S(=O)(=O)c2ccc(O)cc2)Cc2ccc(CF)nc2N3)no1. The molecule has 0 unspecified atom stereocenters. The highest BCUT2D eigenvalue weighted by Crippen LogP contribution is 2.44. The Labute approximate surface area is 206 Å². The lowest BCUT2D eigenvalue weighted by molar-refractivity contribution is 0.0420. The monoisotopic (exact) mass is 511 g/mol. The summed E-state index contributed by atoms with van der Waals surface area (Å²) in [6.45, 7) is 2.07. The first-order valence-corrected chi connectivity index (χ1v) is 12.4. The first-order valence-electron chi connectivity index (χ1n) is 10.9. The first-order chi connectivity index (χ1) is 17.1. The second-order valence-corrected chi connectivity index (χ2v) is 10.6. The third-order valence-electron chi connectivity index (χ3n) is 5.64. The highest BCUT2D eigenvalue weighted by atomic mass is 32.2. The molecule has 3 N–H and O–H groups in total. The minimum atomic E-state index is -4.18. The van der Waals surface area contributed by atoms with Gasteiger partial charge in [0, 0.05) is 11.1 Å². The summed E-state index contributed by atoms with van der Waals surface area (Å²) in [6, 6.07) is 13.3. The van der Waals surface area contributed by atoms with Gasteiger partial charge in [0.25, 0.3) is 15.9 Å². The zero-order valence-corrected chi connectivity index (χ0v) is 20.1. The van der Waals surface area contributed by atoms with Crippen molar-refractivity contribution in [1.82, 2.24) is 15.1 Å². The average Bonchev–Trinajstić information content (AvgIpc) is 3.28. The van der Waals surface area contributed by atoms with Crippen LogP contribution in [0.2, 0.25) is 0 Å². The molecule has 2 aromatic heterocycles. The molecule has 0 amide bonds. The molecule has 3 heterocycles. The Morgan fingerprint density at radius 1 is 1.11 bits per heavy atom. The number of benzene rings is 2. The van der Waals surface area contributed by atoms with Crippen molar-refractivity contribution in [1.29, 1.82) is 0 Å². The van der Waals surface area contributed by atoms with Gasteiger partial charge in [0.15, 0.2) is 0 Å². The molecule has 2 aromatic carbocycles. The second kappa shape index (κ2) is 8.57. The average molecular weight is 512 g/mol. The molecule has 0 radical (unpaired) electrons. The van der Waals surface area contributed by atoms with Crippen molar-refractivity contribution in [3.63, 3.8) is 0 Å². The van der Waals surface area contributed by atoms with E-state index >= 15 is 0 Å². The molecule has 0 aliphatic carbocycles. The number of rotatable bonds is 5. The van der Waals surface area contributed by atoms with Crippen molar-refractivity contribution in [2.24, 2.45) is 0 Å². The summed E-state index contributed by atoms with van der Waals surface area (Å²) < 4.78 is 47.6. The number of para-hydroxylation sites is 1. The largest absolute Gasteiger partial charge is 0.508 e. The van der Waals surface area contributed by atoms with Crippen molar-refractivity contribution in [2.75, 3.05) is 9.62 Å². The Kier molecular flexibility index (Phi) is 5.64. The Bertz CT molecular complexity index is 1550. The van der Waals surface area contributed by atoms with E-state index in [-0.39, 0.29) is 40.3 Å². The maximum Gasteiger partial charge on any atom is 0.264 e. The van der Waals surface area contributed by atoms with Crippen molar-refractivity contribution < 1.29 is 27.5 Å². The van der Waals surface area contributed by atoms with Crippen LogP contribution in [0.15, 0.2) is 64.0 Å². The number of nitrogens with one attached hydrogen (secondary N) is 1. The van der Waals surface area contributed by atoms with Gasteiger partial charge in [-0.2, -0.15) is 4.98 Å². The van der Waals surface area contributed by atoms with Crippen LogP contribution in [0.1, 0.15) is 31.0 Å². The van der Waals surface area contributed by atoms with Crippen molar-refractivity contribution in [3.05, 3.63) is 71.7 Å². The van der Waals surface area contributed by atoms with Gasteiger partial charge in [0.1, 0.15) is 23.8 Å². The van der Waals surface area contributed by atoms with Crippen LogP contribution in [0.4, 0.5) is 21.6 Å². The molecule has 1 aliphatic heterocycles. The van der Waals surface area contributed by atoms with Crippen molar-refractivity contribution in [2.45, 2.75) is 37.6 Å².